The summed E-state index contributed by atoms with van der Waals surface area (Å²) in [5, 5.41) is 0. The van der Waals surface area contributed by atoms with Gasteiger partial charge in [-0.25, -0.2) is 0 Å². The molecule has 0 bridgehead atoms. The molecule has 0 spiro atoms. The molecule has 1 unspecified atom stereocenters. The van der Waals surface area contributed by atoms with E-state index in [9.17, 15) is 4.79 Å². The first-order valence-electron chi connectivity index (χ1n) is 10.9. The Morgan fingerprint density at radius 3 is 2.34 bits per heavy atom. The highest BCUT2D eigenvalue weighted by Gasteiger charge is 2.46. The van der Waals surface area contributed by atoms with Gasteiger partial charge in [-0.05, 0) is 93.2 Å². The Morgan fingerprint density at radius 2 is 1.66 bits per heavy atom. The Morgan fingerprint density at radius 1 is 0.931 bits per heavy atom. The van der Waals surface area contributed by atoms with Crippen molar-refractivity contribution in [1.82, 2.24) is 0 Å². The van der Waals surface area contributed by atoms with E-state index >= 15 is 0 Å². The standard InChI is InChI=1S/C25H29NO3/c1-15-12-20-21(13-16(15)2)25(27)26(24(20)17-8-9-17)18-10-11-22(28-3)23(14-18)29-19-6-4-5-7-19/h10-14,17,19,24H,4-9H2,1-3H3. The van der Waals surface area contributed by atoms with Crippen LogP contribution < -0.4 is 14.4 Å². The molecule has 5 rings (SSSR count). The third kappa shape index (κ3) is 3.19. The maximum Gasteiger partial charge on any atom is 0.259 e. The van der Waals surface area contributed by atoms with Gasteiger partial charge >= 0.3 is 0 Å². The monoisotopic (exact) mass is 391 g/mol. The molecule has 0 radical (unpaired) electrons. The quantitative estimate of drug-likeness (QED) is 0.652. The number of benzene rings is 2. The summed E-state index contributed by atoms with van der Waals surface area (Å²) in [6.07, 6.45) is 7.22. The van der Waals surface area contributed by atoms with Gasteiger partial charge in [-0.2, -0.15) is 0 Å². The number of hydrogen-bond acceptors (Lipinski definition) is 3. The fourth-order valence-electron chi connectivity index (χ4n) is 4.91. The predicted molar refractivity (Wildman–Crippen MR) is 114 cm³/mol. The van der Waals surface area contributed by atoms with Crippen LogP contribution in [0.3, 0.4) is 0 Å². The SMILES string of the molecule is COc1ccc(N2C(=O)c3cc(C)c(C)cc3C2C2CC2)cc1OC1CCCC1. The van der Waals surface area contributed by atoms with Crippen LogP contribution in [-0.2, 0) is 0 Å². The summed E-state index contributed by atoms with van der Waals surface area (Å²) in [4.78, 5) is 15.5. The van der Waals surface area contributed by atoms with E-state index in [1.165, 1.54) is 42.4 Å². The van der Waals surface area contributed by atoms with Crippen LogP contribution >= 0.6 is 0 Å². The lowest BCUT2D eigenvalue weighted by Gasteiger charge is -2.27. The van der Waals surface area contributed by atoms with Crippen molar-refractivity contribution in [1.29, 1.82) is 0 Å². The molecule has 2 aromatic carbocycles. The van der Waals surface area contributed by atoms with E-state index in [4.69, 9.17) is 9.47 Å². The fourth-order valence-corrected chi connectivity index (χ4v) is 4.91. The molecule has 2 aromatic rings. The van der Waals surface area contributed by atoms with E-state index in [2.05, 4.69) is 26.0 Å². The number of hydrogen-bond donors (Lipinski definition) is 0. The summed E-state index contributed by atoms with van der Waals surface area (Å²) in [6, 6.07) is 10.4. The van der Waals surface area contributed by atoms with Gasteiger partial charge in [-0.3, -0.25) is 4.79 Å². The number of aryl methyl sites for hydroxylation is 2. The molecule has 2 saturated carbocycles. The molecule has 4 nitrogen and oxygen atoms in total. The minimum absolute atomic E-state index is 0.108. The summed E-state index contributed by atoms with van der Waals surface area (Å²) >= 11 is 0. The number of ether oxygens (including phenoxy) is 2. The second kappa shape index (κ2) is 7.08. The number of amides is 1. The maximum atomic E-state index is 13.5. The molecule has 0 saturated heterocycles. The number of fused-ring (bicyclic) bond motifs is 1. The summed E-state index contributed by atoms with van der Waals surface area (Å²) < 4.78 is 11.8. The molecule has 1 aliphatic heterocycles. The molecule has 4 heteroatoms. The van der Waals surface area contributed by atoms with Crippen LogP contribution in [0.5, 0.6) is 11.5 Å². The van der Waals surface area contributed by atoms with E-state index in [1.807, 2.05) is 23.1 Å². The van der Waals surface area contributed by atoms with Gasteiger partial charge in [-0.15, -0.1) is 0 Å². The lowest BCUT2D eigenvalue weighted by atomic mass is 9.96. The van der Waals surface area contributed by atoms with Gasteiger partial charge in [0.05, 0.1) is 19.3 Å². The molecule has 1 atom stereocenters. The van der Waals surface area contributed by atoms with E-state index in [1.54, 1.807) is 7.11 Å². The summed E-state index contributed by atoms with van der Waals surface area (Å²) in [5.74, 6) is 2.14. The van der Waals surface area contributed by atoms with Crippen LogP contribution in [0.25, 0.3) is 0 Å². The van der Waals surface area contributed by atoms with Gasteiger partial charge < -0.3 is 14.4 Å². The molecule has 29 heavy (non-hydrogen) atoms. The van der Waals surface area contributed by atoms with E-state index in [-0.39, 0.29) is 18.1 Å². The van der Waals surface area contributed by atoms with Crippen molar-refractivity contribution in [3.05, 3.63) is 52.6 Å². The fraction of sp³-hybridized carbons (Fsp3) is 0.480. The Labute approximate surface area is 172 Å². The summed E-state index contributed by atoms with van der Waals surface area (Å²) in [5.41, 5.74) is 5.39. The van der Waals surface area contributed by atoms with Crippen LogP contribution in [0.15, 0.2) is 30.3 Å². The van der Waals surface area contributed by atoms with Crippen LogP contribution in [0.2, 0.25) is 0 Å². The van der Waals surface area contributed by atoms with Crippen molar-refractivity contribution in [2.45, 2.75) is 64.5 Å². The number of carbonyl (C=O) groups is 1. The van der Waals surface area contributed by atoms with Crippen molar-refractivity contribution < 1.29 is 14.3 Å². The van der Waals surface area contributed by atoms with Gasteiger partial charge in [-0.1, -0.05) is 6.07 Å². The highest BCUT2D eigenvalue weighted by molar-refractivity contribution is 6.11. The molecule has 3 aliphatic rings. The number of anilines is 1. The van der Waals surface area contributed by atoms with Crippen molar-refractivity contribution in [2.24, 2.45) is 5.92 Å². The lowest BCUT2D eigenvalue weighted by Crippen LogP contribution is -2.29. The van der Waals surface area contributed by atoms with Crippen molar-refractivity contribution in [3.63, 3.8) is 0 Å². The first-order valence-corrected chi connectivity index (χ1v) is 10.9. The van der Waals surface area contributed by atoms with Gasteiger partial charge in [0.15, 0.2) is 11.5 Å². The molecule has 0 aromatic heterocycles. The molecule has 0 N–H and O–H groups in total. The van der Waals surface area contributed by atoms with Crippen molar-refractivity contribution in [2.75, 3.05) is 12.0 Å². The zero-order valence-electron chi connectivity index (χ0n) is 17.5. The molecular formula is C25H29NO3. The smallest absolute Gasteiger partial charge is 0.259 e. The highest BCUT2D eigenvalue weighted by Crippen LogP contribution is 2.52. The van der Waals surface area contributed by atoms with Crippen LogP contribution in [0.4, 0.5) is 5.69 Å². The average Bonchev–Trinajstić information content (AvgIpc) is 3.35. The Bertz CT molecular complexity index is 957. The summed E-state index contributed by atoms with van der Waals surface area (Å²) in [6.45, 7) is 4.21. The first-order chi connectivity index (χ1) is 14.1. The predicted octanol–water partition coefficient (Wildman–Crippen LogP) is 5.74. The van der Waals surface area contributed by atoms with E-state index in [0.717, 1.165) is 35.6 Å². The Kier molecular flexibility index (Phi) is 4.53. The molecule has 2 fully saturated rings. The second-order valence-corrected chi connectivity index (χ2v) is 8.84. The van der Waals surface area contributed by atoms with E-state index < -0.39 is 0 Å². The molecular weight excluding hydrogens is 362 g/mol. The van der Waals surface area contributed by atoms with Crippen molar-refractivity contribution >= 4 is 11.6 Å². The summed E-state index contributed by atoms with van der Waals surface area (Å²) in [7, 11) is 1.67. The lowest BCUT2D eigenvalue weighted by molar-refractivity contribution is 0.0989. The minimum atomic E-state index is 0.108. The third-order valence-electron chi connectivity index (χ3n) is 6.80. The number of nitrogens with zero attached hydrogens (tertiary/aromatic N) is 1. The number of carbonyl (C=O) groups excluding carboxylic acids is 1. The topological polar surface area (TPSA) is 38.8 Å². The van der Waals surface area contributed by atoms with Crippen LogP contribution in [0.1, 0.15) is 71.6 Å². The molecule has 2 aliphatic carbocycles. The van der Waals surface area contributed by atoms with Gasteiger partial charge in [0.1, 0.15) is 0 Å². The van der Waals surface area contributed by atoms with Crippen molar-refractivity contribution in [3.8, 4) is 11.5 Å². The highest BCUT2D eigenvalue weighted by atomic mass is 16.5. The number of methoxy groups -OCH3 is 1. The largest absolute Gasteiger partial charge is 0.493 e. The third-order valence-corrected chi connectivity index (χ3v) is 6.80. The number of rotatable bonds is 5. The zero-order chi connectivity index (χ0) is 20.1. The maximum absolute atomic E-state index is 13.5. The second-order valence-electron chi connectivity index (χ2n) is 8.84. The Hall–Kier alpha value is -2.49. The van der Waals surface area contributed by atoms with Gasteiger partial charge in [0, 0.05) is 17.3 Å². The minimum Gasteiger partial charge on any atom is -0.493 e. The van der Waals surface area contributed by atoms with E-state index in [0.29, 0.717) is 5.92 Å². The van der Waals surface area contributed by atoms with Gasteiger partial charge in [0.2, 0.25) is 0 Å². The molecule has 1 amide bonds. The van der Waals surface area contributed by atoms with Crippen LogP contribution in [-0.4, -0.2) is 19.1 Å². The normalized spacial score (nSPS) is 21.6. The van der Waals surface area contributed by atoms with Crippen LogP contribution in [0, 0.1) is 19.8 Å². The van der Waals surface area contributed by atoms with Gasteiger partial charge in [0.25, 0.3) is 5.91 Å². The molecule has 1 heterocycles. The average molecular weight is 392 g/mol. The molecule has 152 valence electrons. The Balaban J connectivity index is 1.55. The zero-order valence-corrected chi connectivity index (χ0v) is 17.5. The first kappa shape index (κ1) is 18.5.